The maximum absolute atomic E-state index is 10.8. The van der Waals surface area contributed by atoms with E-state index in [-0.39, 0.29) is 17.5 Å². The molecule has 2 aromatic carbocycles. The highest BCUT2D eigenvalue weighted by atomic mass is 32.2. The van der Waals surface area contributed by atoms with Gasteiger partial charge in [0.1, 0.15) is 18.3 Å². The Morgan fingerprint density at radius 1 is 1.00 bits per heavy atom. The maximum Gasteiger partial charge on any atom is 0.184 e. The van der Waals surface area contributed by atoms with Crippen molar-refractivity contribution < 1.29 is 24.1 Å². The summed E-state index contributed by atoms with van der Waals surface area (Å²) in [6.07, 6.45) is -2.56. The van der Waals surface area contributed by atoms with Gasteiger partial charge in [-0.3, -0.25) is 0 Å². The quantitative estimate of drug-likeness (QED) is 0.888. The zero-order valence-electron chi connectivity index (χ0n) is 14.4. The molecule has 0 spiro atoms. The van der Waals surface area contributed by atoms with Crippen LogP contribution in [0.4, 0.5) is 0 Å². The predicted molar refractivity (Wildman–Crippen MR) is 97.8 cm³/mol. The third-order valence-corrected chi connectivity index (χ3v) is 5.99. The van der Waals surface area contributed by atoms with Gasteiger partial charge in [0.05, 0.1) is 11.9 Å². The molecule has 1 unspecified atom stereocenters. The monoisotopic (exact) mass is 374 g/mol. The van der Waals surface area contributed by atoms with Crippen LogP contribution in [0.2, 0.25) is 0 Å². The molecule has 0 bridgehead atoms. The summed E-state index contributed by atoms with van der Waals surface area (Å²) in [6.45, 7) is 0.392. The number of thioether (sulfide) groups is 1. The minimum absolute atomic E-state index is 0.226. The van der Waals surface area contributed by atoms with E-state index in [1.807, 2.05) is 60.7 Å². The van der Waals surface area contributed by atoms with Gasteiger partial charge in [-0.2, -0.15) is 0 Å². The molecule has 2 aliphatic heterocycles. The molecule has 2 aliphatic rings. The van der Waals surface area contributed by atoms with Gasteiger partial charge in [0.2, 0.25) is 0 Å². The molecule has 2 heterocycles. The molecule has 2 fully saturated rings. The van der Waals surface area contributed by atoms with Crippen LogP contribution in [0.15, 0.2) is 65.6 Å². The second kappa shape index (κ2) is 8.08. The van der Waals surface area contributed by atoms with Crippen molar-refractivity contribution in [2.75, 3.05) is 13.7 Å². The Balaban J connectivity index is 1.58. The van der Waals surface area contributed by atoms with Crippen molar-refractivity contribution in [1.29, 1.82) is 0 Å². The van der Waals surface area contributed by atoms with Crippen LogP contribution in [-0.2, 0) is 18.9 Å². The first-order valence-corrected chi connectivity index (χ1v) is 9.54. The molecular weight excluding hydrogens is 352 g/mol. The Hall–Kier alpha value is -1.41. The first-order valence-electron chi connectivity index (χ1n) is 8.66. The van der Waals surface area contributed by atoms with E-state index in [0.29, 0.717) is 6.61 Å². The SMILES string of the molecule is CO[C@H]1O[C@@H]2COC(c3ccccc3)O[C@H]2[C@H](Sc2ccccc2)[C@H]1O. The summed E-state index contributed by atoms with van der Waals surface area (Å²) in [5.74, 6) is 0. The number of aliphatic hydroxyl groups is 1. The van der Waals surface area contributed by atoms with Crippen molar-refractivity contribution in [1.82, 2.24) is 0 Å². The second-order valence-electron chi connectivity index (χ2n) is 6.34. The summed E-state index contributed by atoms with van der Waals surface area (Å²) in [6, 6.07) is 19.8. The Morgan fingerprint density at radius 2 is 1.69 bits per heavy atom. The molecule has 1 N–H and O–H groups in total. The number of methoxy groups -OCH3 is 1. The van der Waals surface area contributed by atoms with E-state index >= 15 is 0 Å². The molecule has 5 nitrogen and oxygen atoms in total. The van der Waals surface area contributed by atoms with Crippen LogP contribution in [-0.4, -0.2) is 48.7 Å². The van der Waals surface area contributed by atoms with Crippen molar-refractivity contribution >= 4 is 11.8 Å². The maximum atomic E-state index is 10.8. The van der Waals surface area contributed by atoms with E-state index in [2.05, 4.69) is 0 Å². The van der Waals surface area contributed by atoms with Crippen molar-refractivity contribution in [3.8, 4) is 0 Å². The average molecular weight is 374 g/mol. The molecule has 2 saturated heterocycles. The minimum Gasteiger partial charge on any atom is -0.387 e. The summed E-state index contributed by atoms with van der Waals surface area (Å²) in [5.41, 5.74) is 0.956. The zero-order chi connectivity index (χ0) is 17.9. The summed E-state index contributed by atoms with van der Waals surface area (Å²) in [7, 11) is 1.54. The largest absolute Gasteiger partial charge is 0.387 e. The summed E-state index contributed by atoms with van der Waals surface area (Å²) in [4.78, 5) is 1.07. The molecular formula is C20H22O5S. The topological polar surface area (TPSA) is 57.2 Å². The summed E-state index contributed by atoms with van der Waals surface area (Å²) in [5, 5.41) is 10.6. The number of rotatable bonds is 4. The van der Waals surface area contributed by atoms with E-state index < -0.39 is 18.7 Å². The fourth-order valence-corrected chi connectivity index (χ4v) is 4.60. The van der Waals surface area contributed by atoms with Crippen molar-refractivity contribution in [2.24, 2.45) is 0 Å². The minimum atomic E-state index is -0.805. The van der Waals surface area contributed by atoms with Gasteiger partial charge in [0.25, 0.3) is 0 Å². The van der Waals surface area contributed by atoms with Gasteiger partial charge < -0.3 is 24.1 Å². The lowest BCUT2D eigenvalue weighted by atomic mass is 10.0. The highest BCUT2D eigenvalue weighted by Gasteiger charge is 2.50. The molecule has 138 valence electrons. The fourth-order valence-electron chi connectivity index (χ4n) is 3.33. The standard InChI is InChI=1S/C20H22O5S/c1-22-20-16(21)18(26-14-10-6-3-7-11-14)17-15(24-20)12-23-19(25-17)13-8-4-2-5-9-13/h2-11,15-21H,12H2,1H3/t15-,16-,17-,18-,19?,20+/m1/s1. The average Bonchev–Trinajstić information content (AvgIpc) is 2.71. The first kappa shape index (κ1) is 18.0. The highest BCUT2D eigenvalue weighted by Crippen LogP contribution is 2.41. The molecule has 26 heavy (non-hydrogen) atoms. The molecule has 6 atom stereocenters. The van der Waals surface area contributed by atoms with E-state index in [1.165, 1.54) is 7.11 Å². The molecule has 2 aromatic rings. The van der Waals surface area contributed by atoms with Crippen molar-refractivity contribution in [2.45, 2.75) is 41.0 Å². The normalized spacial score (nSPS) is 34.2. The van der Waals surface area contributed by atoms with Crippen LogP contribution in [0.1, 0.15) is 11.9 Å². The van der Waals surface area contributed by atoms with Crippen molar-refractivity contribution in [3.05, 3.63) is 66.2 Å². The lowest BCUT2D eigenvalue weighted by molar-refractivity contribution is -0.330. The van der Waals surface area contributed by atoms with Gasteiger partial charge >= 0.3 is 0 Å². The number of hydrogen-bond acceptors (Lipinski definition) is 6. The number of hydrogen-bond donors (Lipinski definition) is 1. The third-order valence-electron chi connectivity index (χ3n) is 4.63. The van der Waals surface area contributed by atoms with Gasteiger partial charge in [-0.15, -0.1) is 11.8 Å². The molecule has 0 aromatic heterocycles. The molecule has 6 heteroatoms. The van der Waals surface area contributed by atoms with E-state index in [1.54, 1.807) is 11.8 Å². The van der Waals surface area contributed by atoms with Gasteiger partial charge in [-0.1, -0.05) is 48.5 Å². The second-order valence-corrected chi connectivity index (χ2v) is 7.59. The first-order chi connectivity index (χ1) is 12.8. The predicted octanol–water partition coefficient (Wildman–Crippen LogP) is 2.99. The van der Waals surface area contributed by atoms with Gasteiger partial charge in [-0.05, 0) is 12.1 Å². The molecule has 0 saturated carbocycles. The number of fused-ring (bicyclic) bond motifs is 1. The van der Waals surface area contributed by atoms with E-state index in [9.17, 15) is 5.11 Å². The van der Waals surface area contributed by atoms with Crippen LogP contribution >= 0.6 is 11.8 Å². The molecule has 4 rings (SSSR count). The lowest BCUT2D eigenvalue weighted by Gasteiger charge is -2.47. The Labute approximate surface area is 157 Å². The number of ether oxygens (including phenoxy) is 4. The van der Waals surface area contributed by atoms with E-state index in [0.717, 1.165) is 10.5 Å². The van der Waals surface area contributed by atoms with Crippen LogP contribution in [0.5, 0.6) is 0 Å². The molecule has 0 aliphatic carbocycles. The smallest absolute Gasteiger partial charge is 0.184 e. The Bertz CT molecular complexity index is 698. The van der Waals surface area contributed by atoms with Gasteiger partial charge in [0, 0.05) is 17.6 Å². The van der Waals surface area contributed by atoms with Crippen LogP contribution < -0.4 is 0 Å². The Morgan fingerprint density at radius 3 is 2.38 bits per heavy atom. The highest BCUT2D eigenvalue weighted by molar-refractivity contribution is 8.00. The van der Waals surface area contributed by atoms with Crippen molar-refractivity contribution in [3.63, 3.8) is 0 Å². The molecule has 0 radical (unpaired) electrons. The fraction of sp³-hybridized carbons (Fsp3) is 0.400. The molecule has 0 amide bonds. The lowest BCUT2D eigenvalue weighted by Crippen LogP contribution is -2.60. The van der Waals surface area contributed by atoms with Gasteiger partial charge in [-0.25, -0.2) is 0 Å². The van der Waals surface area contributed by atoms with Gasteiger partial charge in [0.15, 0.2) is 12.6 Å². The third kappa shape index (κ3) is 3.67. The summed E-state index contributed by atoms with van der Waals surface area (Å²) < 4.78 is 23.3. The Kier molecular flexibility index (Phi) is 5.59. The van der Waals surface area contributed by atoms with E-state index in [4.69, 9.17) is 18.9 Å². The number of aliphatic hydroxyl groups excluding tert-OH is 1. The van der Waals surface area contributed by atoms with Crippen LogP contribution in [0.3, 0.4) is 0 Å². The summed E-state index contributed by atoms with van der Waals surface area (Å²) >= 11 is 1.58. The van der Waals surface area contributed by atoms with Crippen LogP contribution in [0, 0.1) is 0 Å². The zero-order valence-corrected chi connectivity index (χ0v) is 15.2. The van der Waals surface area contributed by atoms with Crippen LogP contribution in [0.25, 0.3) is 0 Å². The number of benzene rings is 2.